The van der Waals surface area contributed by atoms with Gasteiger partial charge in [-0.25, -0.2) is 4.79 Å². The molecule has 188 valence electrons. The summed E-state index contributed by atoms with van der Waals surface area (Å²) in [4.78, 5) is 41.9. The molecule has 11 nitrogen and oxygen atoms in total. The normalized spacial score (nSPS) is 10.7. The number of carboxylic acids is 3. The maximum atomic E-state index is 11.4. The van der Waals surface area contributed by atoms with E-state index in [1.807, 2.05) is 0 Å². The van der Waals surface area contributed by atoms with Crippen molar-refractivity contribution < 1.29 is 45.1 Å². The molecule has 11 heteroatoms. The van der Waals surface area contributed by atoms with Crippen LogP contribution in [-0.4, -0.2) is 62.9 Å². The summed E-state index contributed by atoms with van der Waals surface area (Å²) in [6.07, 6.45) is 10.6. The number of carboxylic acid groups (broad SMARTS) is 3. The van der Waals surface area contributed by atoms with Crippen molar-refractivity contribution >= 4 is 23.8 Å². The number of nitrogens with one attached hydrogen (secondary N) is 1. The number of quaternary nitrogens is 1. The summed E-state index contributed by atoms with van der Waals surface area (Å²) < 4.78 is 0. The lowest BCUT2D eigenvalue weighted by molar-refractivity contribution is -0.588. The first-order valence-electron chi connectivity index (χ1n) is 11.2. The van der Waals surface area contributed by atoms with E-state index in [2.05, 4.69) is 12.2 Å². The van der Waals surface area contributed by atoms with Crippen LogP contribution in [0.3, 0.4) is 0 Å². The van der Waals surface area contributed by atoms with E-state index in [-0.39, 0.29) is 5.91 Å². The third-order valence-electron chi connectivity index (χ3n) is 4.61. The Morgan fingerprint density at radius 3 is 1.69 bits per heavy atom. The number of unbranched alkanes of at least 4 members (excludes halogenated alkanes) is 8. The van der Waals surface area contributed by atoms with E-state index in [9.17, 15) is 24.4 Å². The number of aliphatic carboxylic acids is 3. The van der Waals surface area contributed by atoms with E-state index < -0.39 is 36.4 Å². The zero-order valence-corrected chi connectivity index (χ0v) is 19.0. The van der Waals surface area contributed by atoms with Crippen molar-refractivity contribution in [1.82, 2.24) is 5.32 Å². The van der Waals surface area contributed by atoms with Gasteiger partial charge in [-0.05, 0) is 6.42 Å². The van der Waals surface area contributed by atoms with Crippen LogP contribution in [0.4, 0.5) is 0 Å². The Balaban J connectivity index is 0. The molecule has 0 radical (unpaired) electrons. The van der Waals surface area contributed by atoms with Crippen LogP contribution in [0, 0.1) is 5.21 Å². The molecule has 0 aromatic rings. The highest BCUT2D eigenvalue weighted by atomic mass is 16.5. The van der Waals surface area contributed by atoms with Crippen LogP contribution in [-0.2, 0) is 19.2 Å². The minimum absolute atomic E-state index is 0.133. The lowest BCUT2D eigenvalue weighted by Crippen LogP contribution is -2.77. The lowest BCUT2D eigenvalue weighted by atomic mass is 9.96. The van der Waals surface area contributed by atoms with E-state index in [0.29, 0.717) is 19.5 Å². The molecule has 0 fully saturated rings. The predicted molar refractivity (Wildman–Crippen MR) is 117 cm³/mol. The van der Waals surface area contributed by atoms with E-state index >= 15 is 0 Å². The highest BCUT2D eigenvalue weighted by Gasteiger charge is 2.40. The van der Waals surface area contributed by atoms with Crippen molar-refractivity contribution in [2.45, 2.75) is 96.0 Å². The van der Waals surface area contributed by atoms with Gasteiger partial charge in [0.05, 0.1) is 19.4 Å². The van der Waals surface area contributed by atoms with Crippen LogP contribution in [0.2, 0.25) is 0 Å². The third kappa shape index (κ3) is 21.0. The fourth-order valence-corrected chi connectivity index (χ4v) is 2.81. The number of carbonyl (C=O) groups is 4. The van der Waals surface area contributed by atoms with Crippen molar-refractivity contribution in [1.29, 1.82) is 0 Å². The molecule has 0 saturated heterocycles. The second-order valence-electron chi connectivity index (χ2n) is 7.72. The average Bonchev–Trinajstić information content (AvgIpc) is 2.69. The maximum absolute atomic E-state index is 11.4. The first-order valence-corrected chi connectivity index (χ1v) is 11.2. The van der Waals surface area contributed by atoms with Crippen molar-refractivity contribution in [2.24, 2.45) is 0 Å². The zero-order valence-electron chi connectivity index (χ0n) is 19.0. The number of hydrogen-bond acceptors (Lipinski definition) is 6. The van der Waals surface area contributed by atoms with Gasteiger partial charge in [0.25, 0.3) is 0 Å². The largest absolute Gasteiger partial charge is 0.636 e. The lowest BCUT2D eigenvalue weighted by Gasteiger charge is -2.18. The Morgan fingerprint density at radius 2 is 1.28 bits per heavy atom. The Bertz CT molecular complexity index is 525. The molecule has 1 amide bonds. The SMILES string of the molecule is CCCCCCCCCCCC(=O)NCCC[NH2+][O-].O=C(O)CC(O)(CC(=O)O)C(=O)O. The summed E-state index contributed by atoms with van der Waals surface area (Å²) in [5.74, 6) is -4.89. The topological polar surface area (TPSA) is 201 Å². The van der Waals surface area contributed by atoms with Crippen LogP contribution in [0.25, 0.3) is 0 Å². The second-order valence-corrected chi connectivity index (χ2v) is 7.72. The predicted octanol–water partition coefficient (Wildman–Crippen LogP) is 1.23. The Hall–Kier alpha value is -2.24. The van der Waals surface area contributed by atoms with Crippen molar-refractivity contribution in [2.75, 3.05) is 13.1 Å². The molecule has 0 aliphatic carbocycles. The number of aliphatic hydroxyl groups is 1. The Kier molecular flexibility index (Phi) is 20.6. The smallest absolute Gasteiger partial charge is 0.336 e. The number of rotatable bonds is 19. The molecule has 0 saturated carbocycles. The highest BCUT2D eigenvalue weighted by molar-refractivity contribution is 5.88. The van der Waals surface area contributed by atoms with E-state index in [1.165, 1.54) is 44.9 Å². The molecule has 0 atom stereocenters. The molecule has 0 unspecified atom stereocenters. The molecule has 0 aromatic heterocycles. The fraction of sp³-hybridized carbons (Fsp3) is 0.810. The van der Waals surface area contributed by atoms with Gasteiger partial charge in [0.1, 0.15) is 0 Å². The Morgan fingerprint density at radius 1 is 0.812 bits per heavy atom. The van der Waals surface area contributed by atoms with Gasteiger partial charge >= 0.3 is 17.9 Å². The number of hydrogen-bond donors (Lipinski definition) is 6. The van der Waals surface area contributed by atoms with Gasteiger partial charge in [0.15, 0.2) is 5.60 Å². The molecule has 0 aliphatic rings. The van der Waals surface area contributed by atoms with Gasteiger partial charge < -0.3 is 36.4 Å². The van der Waals surface area contributed by atoms with Crippen molar-refractivity contribution in [3.8, 4) is 0 Å². The van der Waals surface area contributed by atoms with Crippen LogP contribution in [0.1, 0.15) is 90.4 Å². The van der Waals surface area contributed by atoms with Gasteiger partial charge in [-0.3, -0.25) is 14.4 Å². The highest BCUT2D eigenvalue weighted by Crippen LogP contribution is 2.15. The van der Waals surface area contributed by atoms with Gasteiger partial charge in [0, 0.05) is 19.4 Å². The van der Waals surface area contributed by atoms with Crippen molar-refractivity contribution in [3.63, 3.8) is 0 Å². The van der Waals surface area contributed by atoms with Gasteiger partial charge in [0.2, 0.25) is 5.91 Å². The van der Waals surface area contributed by atoms with Crippen LogP contribution < -0.4 is 10.8 Å². The number of amides is 1. The number of nitrogens with two attached hydrogens (primary N) is 1. The first-order chi connectivity index (χ1) is 15.1. The minimum atomic E-state index is -2.74. The molecule has 0 bridgehead atoms. The molecule has 32 heavy (non-hydrogen) atoms. The van der Waals surface area contributed by atoms with Crippen LogP contribution >= 0.6 is 0 Å². The maximum Gasteiger partial charge on any atom is 0.336 e. The summed E-state index contributed by atoms with van der Waals surface area (Å²) in [5.41, 5.74) is -1.84. The van der Waals surface area contributed by atoms with Gasteiger partial charge in [-0.2, -0.15) is 0 Å². The van der Waals surface area contributed by atoms with Crippen LogP contribution in [0.5, 0.6) is 0 Å². The van der Waals surface area contributed by atoms with Crippen LogP contribution in [0.15, 0.2) is 0 Å². The molecular weight excluding hydrogens is 424 g/mol. The number of carbonyl (C=O) groups excluding carboxylic acids is 1. The van der Waals surface area contributed by atoms with Crippen molar-refractivity contribution in [3.05, 3.63) is 5.21 Å². The van der Waals surface area contributed by atoms with E-state index in [0.717, 1.165) is 24.7 Å². The molecule has 7 N–H and O–H groups in total. The summed E-state index contributed by atoms with van der Waals surface area (Å²) >= 11 is 0. The third-order valence-corrected chi connectivity index (χ3v) is 4.61. The van der Waals surface area contributed by atoms with Gasteiger partial charge in [-0.1, -0.05) is 58.3 Å². The first kappa shape index (κ1) is 31.9. The molecule has 0 aromatic carbocycles. The molecule has 0 heterocycles. The molecule has 0 aliphatic heterocycles. The Labute approximate surface area is 189 Å². The summed E-state index contributed by atoms with van der Waals surface area (Å²) in [5, 5.41) is 46.7. The average molecular weight is 465 g/mol. The van der Waals surface area contributed by atoms with E-state index in [1.54, 1.807) is 0 Å². The minimum Gasteiger partial charge on any atom is -0.636 e. The molecule has 0 rings (SSSR count). The molecule has 0 spiro atoms. The molecular formula is C21H40N2O9. The monoisotopic (exact) mass is 464 g/mol. The fourth-order valence-electron chi connectivity index (χ4n) is 2.81. The summed E-state index contributed by atoms with van der Waals surface area (Å²) in [7, 11) is 0. The summed E-state index contributed by atoms with van der Waals surface area (Å²) in [6, 6.07) is 0. The van der Waals surface area contributed by atoms with Gasteiger partial charge in [-0.15, -0.1) is 0 Å². The summed E-state index contributed by atoms with van der Waals surface area (Å²) in [6.45, 7) is 3.41. The standard InChI is InChI=1S/C15H32N2O2.C6H8O7/c1-2-3-4-5-6-7-8-9-10-12-15(18)16-13-11-14-17-19;7-3(8)1-6(13,5(11)12)2-4(9)10/h2-14,17H2,1H3,(H,16,18);13H,1-2H2,(H,7,8)(H,9,10)(H,11,12). The second kappa shape index (κ2) is 20.7. The van der Waals surface area contributed by atoms with E-state index in [4.69, 9.17) is 20.4 Å². The number of hydroxylamine groups is 1. The zero-order chi connectivity index (χ0) is 24.8. The quantitative estimate of drug-likeness (QED) is 0.120.